The Hall–Kier alpha value is -2.91. The Morgan fingerprint density at radius 3 is 2.42 bits per heavy atom. The van der Waals surface area contributed by atoms with E-state index in [4.69, 9.17) is 0 Å². The third-order valence-electron chi connectivity index (χ3n) is 6.14. The van der Waals surface area contributed by atoms with Crippen molar-refractivity contribution in [2.45, 2.75) is 44.6 Å². The van der Waals surface area contributed by atoms with E-state index in [1.807, 2.05) is 0 Å². The fourth-order valence-corrected chi connectivity index (χ4v) is 4.35. The van der Waals surface area contributed by atoms with Crippen molar-refractivity contribution in [3.05, 3.63) is 52.3 Å². The number of carbonyl (C=O) groups excluding carboxylic acids is 2. The van der Waals surface area contributed by atoms with Crippen molar-refractivity contribution in [2.75, 3.05) is 19.6 Å². The number of fused-ring (bicyclic) bond motifs is 1. The second-order valence-electron chi connectivity index (χ2n) is 8.02. The summed E-state index contributed by atoms with van der Waals surface area (Å²) in [4.78, 5) is 27.7. The van der Waals surface area contributed by atoms with E-state index in [1.54, 1.807) is 4.90 Å². The number of halogens is 4. The first-order valence-electron chi connectivity index (χ1n) is 10.1. The van der Waals surface area contributed by atoms with Gasteiger partial charge in [0.05, 0.1) is 5.56 Å². The van der Waals surface area contributed by atoms with E-state index in [2.05, 4.69) is 10.2 Å². The molecule has 2 aromatic rings. The molecular formula is C21H22F4N4O2. The first kappa shape index (κ1) is 21.3. The van der Waals surface area contributed by atoms with Crippen LogP contribution in [0, 0.1) is 0 Å². The number of aromatic amines is 1. The van der Waals surface area contributed by atoms with Crippen LogP contribution in [0.5, 0.6) is 0 Å². The minimum Gasteiger partial charge on any atom is -0.338 e. The van der Waals surface area contributed by atoms with Gasteiger partial charge in [0, 0.05) is 69.2 Å². The van der Waals surface area contributed by atoms with Gasteiger partial charge < -0.3 is 9.80 Å². The van der Waals surface area contributed by atoms with Crippen molar-refractivity contribution in [2.24, 2.45) is 0 Å². The molecule has 0 unspecified atom stereocenters. The summed E-state index contributed by atoms with van der Waals surface area (Å²) in [6.45, 7) is 2.20. The molecule has 1 aromatic heterocycles. The van der Waals surface area contributed by atoms with Gasteiger partial charge >= 0.3 is 6.18 Å². The van der Waals surface area contributed by atoms with Crippen molar-refractivity contribution < 1.29 is 27.2 Å². The summed E-state index contributed by atoms with van der Waals surface area (Å²) in [5.41, 5.74) is -1.92. The maximum atomic E-state index is 15.6. The highest BCUT2D eigenvalue weighted by Gasteiger charge is 2.44. The second kappa shape index (κ2) is 7.65. The van der Waals surface area contributed by atoms with E-state index in [9.17, 15) is 22.8 Å². The van der Waals surface area contributed by atoms with Crippen molar-refractivity contribution in [1.82, 2.24) is 20.0 Å². The third-order valence-corrected chi connectivity index (χ3v) is 6.14. The Morgan fingerprint density at radius 2 is 1.77 bits per heavy atom. The number of nitrogens with zero attached hydrogens (tertiary/aromatic N) is 3. The van der Waals surface area contributed by atoms with Crippen LogP contribution in [-0.4, -0.2) is 51.4 Å². The van der Waals surface area contributed by atoms with Gasteiger partial charge in [-0.25, -0.2) is 4.39 Å². The molecular weight excluding hydrogens is 416 g/mol. The number of likely N-dealkylation sites (tertiary alicyclic amines) is 1. The zero-order valence-corrected chi connectivity index (χ0v) is 16.9. The molecule has 1 N–H and O–H groups in total. The molecule has 2 amide bonds. The Kier molecular flexibility index (Phi) is 5.26. The average molecular weight is 438 g/mol. The molecule has 4 rings (SSSR count). The molecule has 0 aliphatic carbocycles. The van der Waals surface area contributed by atoms with Crippen LogP contribution in [0.25, 0.3) is 0 Å². The van der Waals surface area contributed by atoms with Crippen LogP contribution in [0.4, 0.5) is 17.6 Å². The van der Waals surface area contributed by atoms with E-state index < -0.39 is 23.3 Å². The molecule has 3 heterocycles. The van der Waals surface area contributed by atoms with Gasteiger partial charge in [0.15, 0.2) is 5.69 Å². The highest BCUT2D eigenvalue weighted by Crippen LogP contribution is 2.43. The number of nitrogens with one attached hydrogen (secondary N) is 1. The Balaban J connectivity index is 1.51. The highest BCUT2D eigenvalue weighted by molar-refractivity contribution is 5.94. The molecule has 6 nitrogen and oxygen atoms in total. The minimum atomic E-state index is -4.65. The molecule has 1 fully saturated rings. The summed E-state index contributed by atoms with van der Waals surface area (Å²) in [7, 11) is 0. The predicted molar refractivity (Wildman–Crippen MR) is 103 cm³/mol. The van der Waals surface area contributed by atoms with Crippen LogP contribution in [0.3, 0.4) is 0 Å². The Labute approximate surface area is 176 Å². The topological polar surface area (TPSA) is 69.3 Å². The van der Waals surface area contributed by atoms with Gasteiger partial charge in [-0.2, -0.15) is 18.3 Å². The molecule has 0 saturated carbocycles. The van der Waals surface area contributed by atoms with E-state index in [0.29, 0.717) is 18.5 Å². The number of benzene rings is 1. The number of rotatable bonds is 2. The molecule has 0 radical (unpaired) electrons. The summed E-state index contributed by atoms with van der Waals surface area (Å²) in [5, 5.41) is 6.95. The summed E-state index contributed by atoms with van der Waals surface area (Å²) in [6.07, 6.45) is -4.58. The maximum Gasteiger partial charge on any atom is 0.416 e. The van der Waals surface area contributed by atoms with Gasteiger partial charge in [0.1, 0.15) is 5.67 Å². The fourth-order valence-electron chi connectivity index (χ4n) is 4.35. The van der Waals surface area contributed by atoms with Crippen LogP contribution in [0.1, 0.15) is 52.6 Å². The van der Waals surface area contributed by atoms with Crippen LogP contribution >= 0.6 is 0 Å². The largest absolute Gasteiger partial charge is 0.416 e. The number of hydrogen-bond acceptors (Lipinski definition) is 3. The molecule has 166 valence electrons. The monoisotopic (exact) mass is 438 g/mol. The number of carbonyl (C=O) groups is 2. The van der Waals surface area contributed by atoms with Gasteiger partial charge in [-0.15, -0.1) is 0 Å². The van der Waals surface area contributed by atoms with Crippen molar-refractivity contribution in [1.29, 1.82) is 0 Å². The van der Waals surface area contributed by atoms with Gasteiger partial charge in [-0.05, 0) is 6.07 Å². The lowest BCUT2D eigenvalue weighted by molar-refractivity contribution is -0.140. The standard InChI is InChI=1S/C21H22F4N4O2/c1-13(30)29-9-6-17-14(12-29)18(27-26-17)19(31)28-10-7-20(22,8-11-28)15-4-2-3-5-16(15)21(23,24)25/h2-5H,6-12H2,1H3,(H,26,27). The molecule has 2 aliphatic rings. The van der Waals surface area contributed by atoms with Gasteiger partial charge in [-0.1, -0.05) is 18.2 Å². The molecule has 31 heavy (non-hydrogen) atoms. The lowest BCUT2D eigenvalue weighted by Crippen LogP contribution is -2.44. The number of amides is 2. The second-order valence-corrected chi connectivity index (χ2v) is 8.02. The minimum absolute atomic E-state index is 0.0282. The van der Waals surface area contributed by atoms with Gasteiger partial charge in [0.2, 0.25) is 5.91 Å². The quantitative estimate of drug-likeness (QED) is 0.731. The predicted octanol–water partition coefficient (Wildman–Crippen LogP) is 3.43. The molecule has 0 atom stereocenters. The van der Waals surface area contributed by atoms with E-state index in [1.165, 1.54) is 30.0 Å². The first-order chi connectivity index (χ1) is 14.6. The molecule has 1 aromatic carbocycles. The molecule has 10 heteroatoms. The average Bonchev–Trinajstić information content (AvgIpc) is 3.16. The van der Waals surface area contributed by atoms with Crippen LogP contribution in [0.2, 0.25) is 0 Å². The number of H-pyrrole nitrogens is 1. The van der Waals surface area contributed by atoms with Crippen molar-refractivity contribution >= 4 is 11.8 Å². The van der Waals surface area contributed by atoms with Crippen LogP contribution in [0.15, 0.2) is 24.3 Å². The SMILES string of the molecule is CC(=O)N1CCc2[nH]nc(C(=O)N3CCC(F)(c4ccccc4C(F)(F)F)CC3)c2C1. The van der Waals surface area contributed by atoms with Crippen molar-refractivity contribution in [3.8, 4) is 0 Å². The van der Waals surface area contributed by atoms with Gasteiger partial charge in [0.25, 0.3) is 5.91 Å². The Bertz CT molecular complexity index is 1010. The zero-order valence-electron chi connectivity index (χ0n) is 16.9. The highest BCUT2D eigenvalue weighted by atomic mass is 19.4. The van der Waals surface area contributed by atoms with Crippen molar-refractivity contribution in [3.63, 3.8) is 0 Å². The third kappa shape index (κ3) is 3.90. The molecule has 2 aliphatic heterocycles. The maximum absolute atomic E-state index is 15.6. The number of hydrogen-bond donors (Lipinski definition) is 1. The molecule has 0 bridgehead atoms. The van der Waals surface area contributed by atoms with Crippen LogP contribution < -0.4 is 0 Å². The summed E-state index contributed by atoms with van der Waals surface area (Å²) >= 11 is 0. The summed E-state index contributed by atoms with van der Waals surface area (Å²) < 4.78 is 55.6. The number of piperidine rings is 1. The summed E-state index contributed by atoms with van der Waals surface area (Å²) in [5.74, 6) is -0.511. The first-order valence-corrected chi connectivity index (χ1v) is 10.1. The Morgan fingerprint density at radius 1 is 1.10 bits per heavy atom. The summed E-state index contributed by atoms with van der Waals surface area (Å²) in [6, 6.07) is 4.67. The van der Waals surface area contributed by atoms with Gasteiger partial charge in [-0.3, -0.25) is 14.7 Å². The smallest absolute Gasteiger partial charge is 0.338 e. The normalized spacial score (nSPS) is 18.6. The lowest BCUT2D eigenvalue weighted by atomic mass is 9.83. The van der Waals surface area contributed by atoms with Crippen LogP contribution in [-0.2, 0) is 29.6 Å². The fraction of sp³-hybridized carbons (Fsp3) is 0.476. The van der Waals surface area contributed by atoms with E-state index in [-0.39, 0.29) is 49.6 Å². The van der Waals surface area contributed by atoms with E-state index >= 15 is 4.39 Å². The molecule has 0 spiro atoms. The number of aromatic nitrogens is 2. The number of alkyl halides is 4. The lowest BCUT2D eigenvalue weighted by Gasteiger charge is -2.37. The zero-order chi connectivity index (χ0) is 22.4. The molecule has 1 saturated heterocycles. The van der Waals surface area contributed by atoms with E-state index in [0.717, 1.165) is 11.8 Å².